The van der Waals surface area contributed by atoms with Crippen LogP contribution in [0.3, 0.4) is 0 Å². The minimum absolute atomic E-state index is 0.374. The molecule has 0 aliphatic heterocycles. The van der Waals surface area contributed by atoms with Crippen molar-refractivity contribution < 1.29 is 14.7 Å². The highest BCUT2D eigenvalue weighted by molar-refractivity contribution is 9.10. The van der Waals surface area contributed by atoms with Crippen LogP contribution in [-0.4, -0.2) is 35.1 Å². The maximum atomic E-state index is 12.0. The zero-order valence-electron chi connectivity index (χ0n) is 12.3. The molecule has 0 aliphatic carbocycles. The van der Waals surface area contributed by atoms with E-state index in [4.69, 9.17) is 5.11 Å². The number of hydrogen-bond donors (Lipinski definition) is 2. The Labute approximate surface area is 133 Å². The van der Waals surface area contributed by atoms with Gasteiger partial charge in [-0.2, -0.15) is 0 Å². The fourth-order valence-corrected chi connectivity index (χ4v) is 2.12. The zero-order valence-corrected chi connectivity index (χ0v) is 13.9. The number of urea groups is 1. The Kier molecular flexibility index (Phi) is 7.22. The van der Waals surface area contributed by atoms with E-state index in [2.05, 4.69) is 21.2 Å². The SMILES string of the molecule is CCCC[C@H](NC(=O)N(C)Cc1ccc(Br)cc1)C(=O)O. The Bertz CT molecular complexity index is 476. The summed E-state index contributed by atoms with van der Waals surface area (Å²) in [4.78, 5) is 24.6. The number of unbranched alkanes of at least 4 members (excludes halogenated alkanes) is 1. The van der Waals surface area contributed by atoms with Crippen LogP contribution >= 0.6 is 15.9 Å². The first kappa shape index (κ1) is 17.5. The summed E-state index contributed by atoms with van der Waals surface area (Å²) in [6, 6.07) is 6.44. The summed E-state index contributed by atoms with van der Waals surface area (Å²) in [5.41, 5.74) is 0.983. The minimum Gasteiger partial charge on any atom is -0.480 e. The number of nitrogens with one attached hydrogen (secondary N) is 1. The van der Waals surface area contributed by atoms with Gasteiger partial charge in [-0.1, -0.05) is 47.8 Å². The summed E-state index contributed by atoms with van der Waals surface area (Å²) in [6.45, 7) is 2.42. The van der Waals surface area contributed by atoms with E-state index in [-0.39, 0.29) is 6.03 Å². The standard InChI is InChI=1S/C15H21BrN2O3/c1-3-4-5-13(14(19)20)17-15(21)18(2)10-11-6-8-12(16)9-7-11/h6-9,13H,3-5,10H2,1-2H3,(H,17,21)(H,19,20)/t13-/m0/s1. The third-order valence-corrected chi connectivity index (χ3v) is 3.65. The van der Waals surface area contributed by atoms with Gasteiger partial charge < -0.3 is 15.3 Å². The van der Waals surface area contributed by atoms with Crippen molar-refractivity contribution in [3.63, 3.8) is 0 Å². The number of carbonyl (C=O) groups is 2. The highest BCUT2D eigenvalue weighted by Gasteiger charge is 2.21. The Morgan fingerprint density at radius 3 is 2.48 bits per heavy atom. The van der Waals surface area contributed by atoms with E-state index in [0.717, 1.165) is 22.9 Å². The van der Waals surface area contributed by atoms with Crippen LogP contribution in [0.5, 0.6) is 0 Å². The zero-order chi connectivity index (χ0) is 15.8. The number of carbonyl (C=O) groups excluding carboxylic acids is 1. The van der Waals surface area contributed by atoms with Gasteiger partial charge in [-0.15, -0.1) is 0 Å². The second-order valence-corrected chi connectivity index (χ2v) is 5.88. The Balaban J connectivity index is 2.56. The van der Waals surface area contributed by atoms with Crippen molar-refractivity contribution in [2.75, 3.05) is 7.05 Å². The lowest BCUT2D eigenvalue weighted by molar-refractivity contribution is -0.139. The van der Waals surface area contributed by atoms with Gasteiger partial charge >= 0.3 is 12.0 Å². The van der Waals surface area contributed by atoms with Crippen LogP contribution in [0.4, 0.5) is 4.79 Å². The summed E-state index contributed by atoms with van der Waals surface area (Å²) in [5.74, 6) is -0.992. The van der Waals surface area contributed by atoms with Crippen LogP contribution < -0.4 is 5.32 Å². The van der Waals surface area contributed by atoms with Gasteiger partial charge in [0, 0.05) is 18.1 Å². The molecule has 2 N–H and O–H groups in total. The average Bonchev–Trinajstić information content (AvgIpc) is 2.45. The molecule has 6 heteroatoms. The van der Waals surface area contributed by atoms with Crippen molar-refractivity contribution in [1.82, 2.24) is 10.2 Å². The lowest BCUT2D eigenvalue weighted by Crippen LogP contribution is -2.46. The van der Waals surface area contributed by atoms with Gasteiger partial charge in [0.15, 0.2) is 0 Å². The average molecular weight is 357 g/mol. The summed E-state index contributed by atoms with van der Waals surface area (Å²) in [5, 5.41) is 11.7. The Morgan fingerprint density at radius 1 is 1.33 bits per heavy atom. The Hall–Kier alpha value is -1.56. The fourth-order valence-electron chi connectivity index (χ4n) is 1.86. The first-order chi connectivity index (χ1) is 9.93. The molecule has 0 saturated carbocycles. The molecule has 0 spiro atoms. The molecule has 116 valence electrons. The second kappa shape index (κ2) is 8.67. The van der Waals surface area contributed by atoms with Gasteiger partial charge in [0.2, 0.25) is 0 Å². The van der Waals surface area contributed by atoms with E-state index >= 15 is 0 Å². The smallest absolute Gasteiger partial charge is 0.326 e. The highest BCUT2D eigenvalue weighted by atomic mass is 79.9. The molecule has 1 aromatic carbocycles. The molecule has 0 fully saturated rings. The molecule has 1 rings (SSSR count). The lowest BCUT2D eigenvalue weighted by Gasteiger charge is -2.21. The van der Waals surface area contributed by atoms with Crippen LogP contribution in [0.15, 0.2) is 28.7 Å². The van der Waals surface area contributed by atoms with Gasteiger partial charge in [0.1, 0.15) is 6.04 Å². The molecule has 0 aliphatic rings. The van der Waals surface area contributed by atoms with E-state index in [1.807, 2.05) is 31.2 Å². The third kappa shape index (κ3) is 6.16. The summed E-state index contributed by atoms with van der Waals surface area (Å²) >= 11 is 3.36. The van der Waals surface area contributed by atoms with E-state index < -0.39 is 12.0 Å². The first-order valence-corrected chi connectivity index (χ1v) is 7.72. The van der Waals surface area contributed by atoms with E-state index in [9.17, 15) is 9.59 Å². The molecular formula is C15H21BrN2O3. The van der Waals surface area contributed by atoms with Crippen LogP contribution in [0.25, 0.3) is 0 Å². The maximum absolute atomic E-state index is 12.0. The predicted octanol–water partition coefficient (Wildman–Crippen LogP) is 3.23. The maximum Gasteiger partial charge on any atom is 0.326 e. The molecule has 0 heterocycles. The molecule has 1 aromatic rings. The number of amides is 2. The molecule has 0 unspecified atom stereocenters. The predicted molar refractivity (Wildman–Crippen MR) is 85.1 cm³/mol. The van der Waals surface area contributed by atoms with Gasteiger partial charge in [0.25, 0.3) is 0 Å². The van der Waals surface area contributed by atoms with Gasteiger partial charge in [-0.25, -0.2) is 9.59 Å². The number of aliphatic carboxylic acids is 1. The summed E-state index contributed by atoms with van der Waals surface area (Å²) in [6.07, 6.45) is 2.12. The van der Waals surface area contributed by atoms with Crippen LogP contribution in [0.1, 0.15) is 31.7 Å². The molecule has 2 amide bonds. The van der Waals surface area contributed by atoms with Gasteiger partial charge in [-0.3, -0.25) is 0 Å². The minimum atomic E-state index is -0.992. The second-order valence-electron chi connectivity index (χ2n) is 4.97. The molecule has 0 aromatic heterocycles. The van der Waals surface area contributed by atoms with E-state index in [1.54, 1.807) is 7.05 Å². The van der Waals surface area contributed by atoms with Gasteiger partial charge in [-0.05, 0) is 24.1 Å². The number of rotatable bonds is 7. The van der Waals surface area contributed by atoms with Crippen molar-refractivity contribution in [2.45, 2.75) is 38.8 Å². The third-order valence-electron chi connectivity index (χ3n) is 3.12. The Morgan fingerprint density at radius 2 is 1.95 bits per heavy atom. The number of benzene rings is 1. The summed E-state index contributed by atoms with van der Waals surface area (Å²) < 4.78 is 0.976. The largest absolute Gasteiger partial charge is 0.480 e. The van der Waals surface area contributed by atoms with Gasteiger partial charge in [0.05, 0.1) is 0 Å². The fraction of sp³-hybridized carbons (Fsp3) is 0.467. The van der Waals surface area contributed by atoms with Crippen LogP contribution in [-0.2, 0) is 11.3 Å². The topological polar surface area (TPSA) is 69.6 Å². The van der Waals surface area contributed by atoms with Crippen molar-refractivity contribution >= 4 is 27.9 Å². The van der Waals surface area contributed by atoms with E-state index in [0.29, 0.717) is 13.0 Å². The van der Waals surface area contributed by atoms with Crippen LogP contribution in [0, 0.1) is 0 Å². The molecule has 1 atom stereocenters. The molecule has 5 nitrogen and oxygen atoms in total. The number of carboxylic acid groups (broad SMARTS) is 1. The number of carboxylic acids is 1. The highest BCUT2D eigenvalue weighted by Crippen LogP contribution is 2.12. The molecule has 21 heavy (non-hydrogen) atoms. The van der Waals surface area contributed by atoms with Crippen molar-refractivity contribution in [3.8, 4) is 0 Å². The molecular weight excluding hydrogens is 336 g/mol. The lowest BCUT2D eigenvalue weighted by atomic mass is 10.1. The monoisotopic (exact) mass is 356 g/mol. The number of nitrogens with zero attached hydrogens (tertiary/aromatic N) is 1. The van der Waals surface area contributed by atoms with Crippen molar-refractivity contribution in [2.24, 2.45) is 0 Å². The van der Waals surface area contributed by atoms with Crippen molar-refractivity contribution in [1.29, 1.82) is 0 Å². The quantitative estimate of drug-likeness (QED) is 0.787. The van der Waals surface area contributed by atoms with Crippen LogP contribution in [0.2, 0.25) is 0 Å². The normalized spacial score (nSPS) is 11.8. The molecule has 0 saturated heterocycles. The van der Waals surface area contributed by atoms with E-state index in [1.165, 1.54) is 4.90 Å². The molecule has 0 radical (unpaired) electrons. The number of hydrogen-bond acceptors (Lipinski definition) is 2. The first-order valence-electron chi connectivity index (χ1n) is 6.93. The van der Waals surface area contributed by atoms with Crippen molar-refractivity contribution in [3.05, 3.63) is 34.3 Å². The number of halogens is 1. The molecule has 0 bridgehead atoms. The summed E-state index contributed by atoms with van der Waals surface area (Å²) in [7, 11) is 1.65.